The van der Waals surface area contributed by atoms with E-state index in [0.29, 0.717) is 19.0 Å². The molecule has 1 aromatic carbocycles. The standard InChI is InChI=1S/C27H40N6O5/c1-6-32-19-21(17-28-32)22-15-24(33(35)36)25(37-5)16-23(22)30-9-7-20(8-10-30)18-29-11-13-31(14-12-29)26(34)38-27(2,3)4/h15-17,19-20H,6-14,18H2,1-5H3. The van der Waals surface area contributed by atoms with Gasteiger partial charge in [0.25, 0.3) is 0 Å². The van der Waals surface area contributed by atoms with Gasteiger partial charge in [-0.1, -0.05) is 0 Å². The maximum absolute atomic E-state index is 12.4. The molecule has 11 nitrogen and oxygen atoms in total. The number of aromatic nitrogens is 2. The molecular weight excluding hydrogens is 488 g/mol. The molecule has 2 aliphatic rings. The fourth-order valence-electron chi connectivity index (χ4n) is 5.19. The highest BCUT2D eigenvalue weighted by Crippen LogP contribution is 2.41. The van der Waals surface area contributed by atoms with Crippen molar-refractivity contribution >= 4 is 17.5 Å². The van der Waals surface area contributed by atoms with Crippen molar-refractivity contribution in [1.29, 1.82) is 0 Å². The van der Waals surface area contributed by atoms with Crippen LogP contribution in [0.25, 0.3) is 11.1 Å². The van der Waals surface area contributed by atoms with Crippen molar-refractivity contribution in [3.63, 3.8) is 0 Å². The lowest BCUT2D eigenvalue weighted by Gasteiger charge is -2.40. The van der Waals surface area contributed by atoms with Crippen molar-refractivity contribution in [3.8, 4) is 16.9 Å². The van der Waals surface area contributed by atoms with Crippen molar-refractivity contribution in [2.24, 2.45) is 5.92 Å². The van der Waals surface area contributed by atoms with Crippen LogP contribution < -0.4 is 9.64 Å². The van der Waals surface area contributed by atoms with E-state index in [1.807, 2.05) is 38.6 Å². The Hall–Kier alpha value is -3.34. The average molecular weight is 529 g/mol. The summed E-state index contributed by atoms with van der Waals surface area (Å²) in [7, 11) is 1.47. The zero-order valence-electron chi connectivity index (χ0n) is 23.2. The van der Waals surface area contributed by atoms with E-state index in [1.54, 1.807) is 23.2 Å². The average Bonchev–Trinajstić information content (AvgIpc) is 3.37. The second-order valence-electron chi connectivity index (χ2n) is 11.1. The smallest absolute Gasteiger partial charge is 0.410 e. The number of methoxy groups -OCH3 is 1. The number of amides is 1. The summed E-state index contributed by atoms with van der Waals surface area (Å²) in [5, 5.41) is 16.1. The maximum Gasteiger partial charge on any atom is 0.410 e. The van der Waals surface area contributed by atoms with Gasteiger partial charge >= 0.3 is 11.8 Å². The number of ether oxygens (including phenoxy) is 2. The summed E-state index contributed by atoms with van der Waals surface area (Å²) in [6.45, 7) is 14.2. The molecule has 208 valence electrons. The molecule has 2 aromatic rings. The lowest BCUT2D eigenvalue weighted by atomic mass is 9.94. The van der Waals surface area contributed by atoms with Crippen LogP contribution in [0.2, 0.25) is 0 Å². The molecule has 0 N–H and O–H groups in total. The Morgan fingerprint density at radius 2 is 1.82 bits per heavy atom. The summed E-state index contributed by atoms with van der Waals surface area (Å²) in [5.41, 5.74) is 2.07. The monoisotopic (exact) mass is 528 g/mol. The van der Waals surface area contributed by atoms with Gasteiger partial charge in [0.05, 0.1) is 18.2 Å². The number of piperazine rings is 1. The highest BCUT2D eigenvalue weighted by atomic mass is 16.6. The van der Waals surface area contributed by atoms with Crippen molar-refractivity contribution in [3.05, 3.63) is 34.6 Å². The molecule has 0 aliphatic carbocycles. The highest BCUT2D eigenvalue weighted by molar-refractivity contribution is 5.82. The number of carbonyl (C=O) groups is 1. The molecule has 3 heterocycles. The van der Waals surface area contributed by atoms with Crippen molar-refractivity contribution < 1.29 is 19.2 Å². The molecule has 38 heavy (non-hydrogen) atoms. The third kappa shape index (κ3) is 6.56. The summed E-state index contributed by atoms with van der Waals surface area (Å²) < 4.78 is 12.7. The minimum absolute atomic E-state index is 0.0455. The number of rotatable bonds is 7. The topological polar surface area (TPSA) is 106 Å². The first kappa shape index (κ1) is 27.7. The van der Waals surface area contributed by atoms with E-state index < -0.39 is 10.5 Å². The lowest BCUT2D eigenvalue weighted by molar-refractivity contribution is -0.385. The van der Waals surface area contributed by atoms with Crippen LogP contribution in [-0.2, 0) is 11.3 Å². The number of anilines is 1. The highest BCUT2D eigenvalue weighted by Gasteiger charge is 2.30. The van der Waals surface area contributed by atoms with Gasteiger partial charge in [-0.3, -0.25) is 19.7 Å². The molecular formula is C27H40N6O5. The molecule has 0 unspecified atom stereocenters. The van der Waals surface area contributed by atoms with Crippen LogP contribution in [-0.4, -0.2) is 89.1 Å². The Morgan fingerprint density at radius 1 is 1.13 bits per heavy atom. The molecule has 0 radical (unpaired) electrons. The third-order valence-electron chi connectivity index (χ3n) is 7.26. The number of aryl methyl sites for hydroxylation is 1. The third-order valence-corrected chi connectivity index (χ3v) is 7.26. The molecule has 2 fully saturated rings. The van der Waals surface area contributed by atoms with Crippen LogP contribution in [0.5, 0.6) is 5.75 Å². The number of hydrogen-bond acceptors (Lipinski definition) is 8. The SMILES string of the molecule is CCn1cc(-c2cc([N+](=O)[O-])c(OC)cc2N2CCC(CN3CCN(C(=O)OC(C)(C)C)CC3)CC2)cn1. The van der Waals surface area contributed by atoms with E-state index in [4.69, 9.17) is 9.47 Å². The molecule has 1 amide bonds. The van der Waals surface area contributed by atoms with Gasteiger partial charge in [-0.2, -0.15) is 5.10 Å². The summed E-state index contributed by atoms with van der Waals surface area (Å²) in [5.74, 6) is 0.826. The van der Waals surface area contributed by atoms with Gasteiger partial charge in [-0.25, -0.2) is 4.79 Å². The Balaban J connectivity index is 1.40. The van der Waals surface area contributed by atoms with Gasteiger partial charge < -0.3 is 19.3 Å². The number of nitro groups is 1. The van der Waals surface area contributed by atoms with Crippen molar-refractivity contribution in [2.45, 2.75) is 52.7 Å². The van der Waals surface area contributed by atoms with Gasteiger partial charge in [0.2, 0.25) is 0 Å². The predicted molar refractivity (Wildman–Crippen MR) is 146 cm³/mol. The van der Waals surface area contributed by atoms with Crippen molar-refractivity contribution in [2.75, 3.05) is 57.8 Å². The van der Waals surface area contributed by atoms with Gasteiger partial charge in [0.15, 0.2) is 5.75 Å². The van der Waals surface area contributed by atoms with E-state index >= 15 is 0 Å². The van der Waals surface area contributed by atoms with Crippen LogP contribution in [0, 0.1) is 16.0 Å². The normalized spacial score (nSPS) is 17.5. The van der Waals surface area contributed by atoms with E-state index in [9.17, 15) is 14.9 Å². The van der Waals surface area contributed by atoms with Gasteiger partial charge in [0.1, 0.15) is 5.60 Å². The van der Waals surface area contributed by atoms with E-state index in [-0.39, 0.29) is 17.5 Å². The fraction of sp³-hybridized carbons (Fsp3) is 0.630. The molecule has 4 rings (SSSR count). The van der Waals surface area contributed by atoms with Crippen LogP contribution >= 0.6 is 0 Å². The number of nitrogens with zero attached hydrogens (tertiary/aromatic N) is 6. The van der Waals surface area contributed by atoms with Crippen LogP contribution in [0.15, 0.2) is 24.5 Å². The van der Waals surface area contributed by atoms with Crippen LogP contribution in [0.3, 0.4) is 0 Å². The molecule has 11 heteroatoms. The first-order valence-corrected chi connectivity index (χ1v) is 13.4. The Labute approximate surface area is 224 Å². The minimum atomic E-state index is -0.480. The number of piperidine rings is 1. The molecule has 0 atom stereocenters. The quantitative estimate of drug-likeness (QED) is 0.388. The number of hydrogen-bond donors (Lipinski definition) is 0. The van der Waals surface area contributed by atoms with Gasteiger partial charge in [0, 0.05) is 87.5 Å². The maximum atomic E-state index is 12.4. The van der Waals surface area contributed by atoms with Crippen LogP contribution in [0.1, 0.15) is 40.5 Å². The van der Waals surface area contributed by atoms with E-state index in [1.165, 1.54) is 7.11 Å². The fourth-order valence-corrected chi connectivity index (χ4v) is 5.19. The zero-order chi connectivity index (χ0) is 27.4. The summed E-state index contributed by atoms with van der Waals surface area (Å²) >= 11 is 0. The molecule has 1 aromatic heterocycles. The zero-order valence-corrected chi connectivity index (χ0v) is 23.2. The number of carbonyl (C=O) groups excluding carboxylic acids is 1. The Morgan fingerprint density at radius 3 is 2.37 bits per heavy atom. The van der Waals surface area contributed by atoms with Gasteiger partial charge in [-0.05, 0) is 46.5 Å². The number of benzene rings is 1. The van der Waals surface area contributed by atoms with Crippen molar-refractivity contribution in [1.82, 2.24) is 19.6 Å². The molecule has 0 bridgehead atoms. The molecule has 0 saturated carbocycles. The largest absolute Gasteiger partial charge is 0.490 e. The van der Waals surface area contributed by atoms with Crippen LogP contribution in [0.4, 0.5) is 16.2 Å². The molecule has 2 saturated heterocycles. The second-order valence-corrected chi connectivity index (χ2v) is 11.1. The molecule has 0 spiro atoms. The summed E-state index contributed by atoms with van der Waals surface area (Å²) in [4.78, 5) is 30.2. The Bertz CT molecular complexity index is 1130. The van der Waals surface area contributed by atoms with Gasteiger partial charge in [-0.15, -0.1) is 0 Å². The number of nitro benzene ring substituents is 1. The first-order valence-electron chi connectivity index (χ1n) is 13.4. The summed E-state index contributed by atoms with van der Waals surface area (Å²) in [6.07, 6.45) is 5.52. The first-order chi connectivity index (χ1) is 18.1. The Kier molecular flexibility index (Phi) is 8.44. The minimum Gasteiger partial charge on any atom is -0.490 e. The predicted octanol–water partition coefficient (Wildman–Crippen LogP) is 4.26. The van der Waals surface area contributed by atoms with E-state index in [2.05, 4.69) is 14.9 Å². The summed E-state index contributed by atoms with van der Waals surface area (Å²) in [6, 6.07) is 3.41. The molecule has 2 aliphatic heterocycles. The van der Waals surface area contributed by atoms with E-state index in [0.717, 1.165) is 68.9 Å². The lowest BCUT2D eigenvalue weighted by Crippen LogP contribution is -2.51. The second kappa shape index (κ2) is 11.6.